The number of thiophene rings is 1. The highest BCUT2D eigenvalue weighted by atomic mass is 32.1. The monoisotopic (exact) mass is 353 g/mol. The highest BCUT2D eigenvalue weighted by Gasteiger charge is 2.21. The summed E-state index contributed by atoms with van der Waals surface area (Å²) < 4.78 is 2.55. The van der Waals surface area contributed by atoms with Gasteiger partial charge < -0.3 is 4.90 Å². The van der Waals surface area contributed by atoms with Crippen molar-refractivity contribution in [3.63, 3.8) is 0 Å². The molecule has 3 heterocycles. The van der Waals surface area contributed by atoms with Crippen LogP contribution in [0.3, 0.4) is 0 Å². The van der Waals surface area contributed by atoms with Crippen LogP contribution in [0.1, 0.15) is 29.9 Å². The second-order valence-electron chi connectivity index (χ2n) is 6.89. The molecule has 4 nitrogen and oxygen atoms in total. The number of likely N-dealkylation sites (tertiary alicyclic amines) is 1. The summed E-state index contributed by atoms with van der Waals surface area (Å²) in [4.78, 5) is 19.6. The molecule has 1 unspecified atom stereocenters. The van der Waals surface area contributed by atoms with E-state index in [1.807, 2.05) is 12.3 Å². The van der Waals surface area contributed by atoms with E-state index < -0.39 is 0 Å². The molecule has 3 aromatic rings. The van der Waals surface area contributed by atoms with E-state index in [1.54, 1.807) is 10.9 Å². The fraction of sp³-hybridized carbons (Fsp3) is 0.400. The van der Waals surface area contributed by atoms with Gasteiger partial charge >= 0.3 is 0 Å². The second kappa shape index (κ2) is 7.10. The molecule has 1 aliphatic rings. The van der Waals surface area contributed by atoms with E-state index in [0.29, 0.717) is 12.5 Å². The molecule has 1 atom stereocenters. The lowest BCUT2D eigenvalue weighted by molar-refractivity contribution is 0.200. The summed E-state index contributed by atoms with van der Waals surface area (Å²) in [5, 5.41) is 2.01. The first kappa shape index (κ1) is 16.5. The minimum absolute atomic E-state index is 0.0970. The zero-order valence-electron chi connectivity index (χ0n) is 14.5. The van der Waals surface area contributed by atoms with E-state index in [0.717, 1.165) is 35.4 Å². The van der Waals surface area contributed by atoms with Gasteiger partial charge in [-0.2, -0.15) is 0 Å². The van der Waals surface area contributed by atoms with Crippen molar-refractivity contribution >= 4 is 21.6 Å². The predicted octanol–water partition coefficient (Wildman–Crippen LogP) is 3.65. The first-order valence-electron chi connectivity index (χ1n) is 8.93. The number of aromatic nitrogens is 2. The van der Waals surface area contributed by atoms with Gasteiger partial charge in [-0.05, 0) is 48.7 Å². The smallest absolute Gasteiger partial charge is 0.271 e. The molecule has 0 aliphatic carbocycles. The summed E-state index contributed by atoms with van der Waals surface area (Å²) in [6.07, 6.45) is 4.18. The van der Waals surface area contributed by atoms with Crippen molar-refractivity contribution in [2.75, 3.05) is 19.6 Å². The van der Waals surface area contributed by atoms with Gasteiger partial charge in [0.25, 0.3) is 5.56 Å². The maximum absolute atomic E-state index is 12.6. The number of aryl methyl sites for hydroxylation is 1. The lowest BCUT2D eigenvalue weighted by Gasteiger charge is -2.33. The fourth-order valence-corrected chi connectivity index (χ4v) is 4.67. The van der Waals surface area contributed by atoms with Crippen molar-refractivity contribution < 1.29 is 0 Å². The molecule has 25 heavy (non-hydrogen) atoms. The number of nitrogens with zero attached hydrogens (tertiary/aromatic N) is 3. The number of fused-ring (bicyclic) bond motifs is 1. The van der Waals surface area contributed by atoms with Crippen LogP contribution in [-0.4, -0.2) is 34.1 Å². The number of benzene rings is 1. The molecule has 0 amide bonds. The molecule has 130 valence electrons. The van der Waals surface area contributed by atoms with Crippen LogP contribution >= 0.6 is 11.3 Å². The summed E-state index contributed by atoms with van der Waals surface area (Å²) in [7, 11) is 0. The van der Waals surface area contributed by atoms with Gasteiger partial charge in [0.05, 0.1) is 11.8 Å². The fourth-order valence-electron chi connectivity index (χ4n) is 3.72. The summed E-state index contributed by atoms with van der Waals surface area (Å²) in [5.74, 6) is 0.604. The maximum Gasteiger partial charge on any atom is 0.271 e. The highest BCUT2D eigenvalue weighted by molar-refractivity contribution is 7.17. The third-order valence-electron chi connectivity index (χ3n) is 5.16. The first-order valence-corrected chi connectivity index (χ1v) is 9.81. The molecule has 0 spiro atoms. The van der Waals surface area contributed by atoms with Crippen LogP contribution in [-0.2, 0) is 6.54 Å². The van der Waals surface area contributed by atoms with Gasteiger partial charge in [-0.1, -0.05) is 30.3 Å². The van der Waals surface area contributed by atoms with Crippen molar-refractivity contribution in [2.24, 2.45) is 0 Å². The number of piperidine rings is 1. The summed E-state index contributed by atoms with van der Waals surface area (Å²) in [6.45, 7) is 5.81. The van der Waals surface area contributed by atoms with Gasteiger partial charge in [-0.25, -0.2) is 4.98 Å². The Morgan fingerprint density at radius 1 is 1.24 bits per heavy atom. The zero-order valence-corrected chi connectivity index (χ0v) is 15.3. The molecule has 1 fully saturated rings. The van der Waals surface area contributed by atoms with Crippen molar-refractivity contribution in [1.29, 1.82) is 0 Å². The minimum atomic E-state index is 0.0970. The maximum atomic E-state index is 12.6. The van der Waals surface area contributed by atoms with Gasteiger partial charge in [0.2, 0.25) is 0 Å². The van der Waals surface area contributed by atoms with Crippen LogP contribution in [0.2, 0.25) is 0 Å². The molecule has 0 bridgehead atoms. The lowest BCUT2D eigenvalue weighted by Crippen LogP contribution is -2.37. The van der Waals surface area contributed by atoms with Gasteiger partial charge in [0, 0.05) is 19.6 Å². The quantitative estimate of drug-likeness (QED) is 0.719. The lowest BCUT2D eigenvalue weighted by atomic mass is 9.91. The normalized spacial score (nSPS) is 18.7. The SMILES string of the molecule is Cc1csc2c(=O)n(CCN3CCCC(c4ccccc4)C3)cnc12. The summed E-state index contributed by atoms with van der Waals surface area (Å²) >= 11 is 1.50. The molecule has 1 aromatic carbocycles. The molecule has 0 saturated carbocycles. The number of hydrogen-bond acceptors (Lipinski definition) is 4. The van der Waals surface area contributed by atoms with Crippen molar-refractivity contribution in [3.05, 3.63) is 63.5 Å². The Labute approximate surface area is 151 Å². The third kappa shape index (κ3) is 3.39. The summed E-state index contributed by atoms with van der Waals surface area (Å²) in [5.41, 5.74) is 3.47. The molecule has 2 aromatic heterocycles. The Bertz CT molecular complexity index is 916. The van der Waals surface area contributed by atoms with Crippen LogP contribution in [0, 0.1) is 6.92 Å². The van der Waals surface area contributed by atoms with Crippen LogP contribution < -0.4 is 5.56 Å². The molecular weight excluding hydrogens is 330 g/mol. The van der Waals surface area contributed by atoms with Crippen molar-refractivity contribution in [3.8, 4) is 0 Å². The van der Waals surface area contributed by atoms with Gasteiger partial charge in [0.1, 0.15) is 4.70 Å². The second-order valence-corrected chi connectivity index (χ2v) is 7.77. The van der Waals surface area contributed by atoms with Crippen LogP contribution in [0.25, 0.3) is 10.2 Å². The molecule has 0 radical (unpaired) electrons. The topological polar surface area (TPSA) is 38.1 Å². The summed E-state index contributed by atoms with van der Waals surface area (Å²) in [6, 6.07) is 10.8. The Balaban J connectivity index is 1.44. The average molecular weight is 353 g/mol. The zero-order chi connectivity index (χ0) is 17.2. The molecule has 0 N–H and O–H groups in total. The van der Waals surface area contributed by atoms with Crippen LogP contribution in [0.15, 0.2) is 46.8 Å². The average Bonchev–Trinajstić information content (AvgIpc) is 3.04. The van der Waals surface area contributed by atoms with E-state index >= 15 is 0 Å². The Morgan fingerprint density at radius 2 is 2.08 bits per heavy atom. The highest BCUT2D eigenvalue weighted by Crippen LogP contribution is 2.26. The van der Waals surface area contributed by atoms with E-state index in [2.05, 4.69) is 40.2 Å². The van der Waals surface area contributed by atoms with E-state index in [-0.39, 0.29) is 5.56 Å². The standard InChI is InChI=1S/C20H23N3OS/c1-15-13-25-19-18(15)21-14-23(20(19)24)11-10-22-9-5-8-17(12-22)16-6-3-2-4-7-16/h2-4,6-7,13-14,17H,5,8-12H2,1H3. The van der Waals surface area contributed by atoms with E-state index in [9.17, 15) is 4.79 Å². The third-order valence-corrected chi connectivity index (χ3v) is 6.23. The Morgan fingerprint density at radius 3 is 2.92 bits per heavy atom. The van der Waals surface area contributed by atoms with Crippen molar-refractivity contribution in [2.45, 2.75) is 32.2 Å². The molecule has 1 aliphatic heterocycles. The van der Waals surface area contributed by atoms with Crippen LogP contribution in [0.4, 0.5) is 0 Å². The van der Waals surface area contributed by atoms with Crippen molar-refractivity contribution in [1.82, 2.24) is 14.5 Å². The number of hydrogen-bond donors (Lipinski definition) is 0. The largest absolute Gasteiger partial charge is 0.301 e. The Hall–Kier alpha value is -1.98. The molecule has 4 rings (SSSR count). The molecule has 1 saturated heterocycles. The van der Waals surface area contributed by atoms with Gasteiger partial charge in [-0.3, -0.25) is 9.36 Å². The first-order chi connectivity index (χ1) is 12.2. The predicted molar refractivity (Wildman–Crippen MR) is 103 cm³/mol. The molecular formula is C20H23N3OS. The molecule has 5 heteroatoms. The number of rotatable bonds is 4. The van der Waals surface area contributed by atoms with E-state index in [1.165, 1.54) is 29.7 Å². The van der Waals surface area contributed by atoms with E-state index in [4.69, 9.17) is 0 Å². The van der Waals surface area contributed by atoms with Gasteiger partial charge in [0.15, 0.2) is 0 Å². The van der Waals surface area contributed by atoms with Crippen LogP contribution in [0.5, 0.6) is 0 Å². The Kier molecular flexibility index (Phi) is 4.68. The minimum Gasteiger partial charge on any atom is -0.301 e. The van der Waals surface area contributed by atoms with Gasteiger partial charge in [-0.15, -0.1) is 11.3 Å².